The Hall–Kier alpha value is -3.97. The summed E-state index contributed by atoms with van der Waals surface area (Å²) in [5.74, 6) is -1.79. The van der Waals surface area contributed by atoms with E-state index in [1.54, 1.807) is 13.8 Å². The van der Waals surface area contributed by atoms with Gasteiger partial charge in [-0.25, -0.2) is 4.79 Å². The third kappa shape index (κ3) is 4.47. The zero-order valence-corrected chi connectivity index (χ0v) is 21.7. The van der Waals surface area contributed by atoms with Crippen molar-refractivity contribution in [2.45, 2.75) is 43.9 Å². The van der Waals surface area contributed by atoms with Crippen LogP contribution in [0.5, 0.6) is 0 Å². The first-order valence-corrected chi connectivity index (χ1v) is 13.1. The summed E-state index contributed by atoms with van der Waals surface area (Å²) in [6.07, 6.45) is 0.398. The van der Waals surface area contributed by atoms with Crippen LogP contribution in [0, 0.1) is 5.92 Å². The van der Waals surface area contributed by atoms with Gasteiger partial charge < -0.3 is 15.3 Å². The van der Waals surface area contributed by atoms with E-state index < -0.39 is 29.6 Å². The first kappa shape index (κ1) is 25.7. The Kier molecular flexibility index (Phi) is 7.04. The number of likely N-dealkylation sites (tertiary alicyclic amines) is 1. The lowest BCUT2D eigenvalue weighted by molar-refractivity contribution is -0.150. The Bertz CT molecular complexity index is 1200. The summed E-state index contributed by atoms with van der Waals surface area (Å²) in [6.45, 7) is 4.42. The maximum atomic E-state index is 13.6. The van der Waals surface area contributed by atoms with Crippen molar-refractivity contribution in [1.82, 2.24) is 15.1 Å². The highest BCUT2D eigenvalue weighted by Gasteiger charge is 2.56. The molecule has 196 valence electrons. The topological polar surface area (TPSA) is 89.7 Å². The van der Waals surface area contributed by atoms with Crippen LogP contribution in [-0.2, 0) is 19.9 Å². The number of carbonyl (C=O) groups is 3. The summed E-state index contributed by atoms with van der Waals surface area (Å²) < 4.78 is 0. The largest absolute Gasteiger partial charge is 0.480 e. The van der Waals surface area contributed by atoms with Crippen LogP contribution < -0.4 is 5.32 Å². The fourth-order valence-electron chi connectivity index (χ4n) is 5.93. The number of carboxylic acid groups (broad SMARTS) is 1. The van der Waals surface area contributed by atoms with Crippen LogP contribution in [0.4, 0.5) is 0 Å². The number of nitrogens with zero attached hydrogens (tertiary/aromatic N) is 2. The van der Waals surface area contributed by atoms with Gasteiger partial charge in [0.05, 0.1) is 5.54 Å². The lowest BCUT2D eigenvalue weighted by Gasteiger charge is -2.38. The van der Waals surface area contributed by atoms with E-state index in [4.69, 9.17) is 0 Å². The Morgan fingerprint density at radius 1 is 0.868 bits per heavy atom. The first-order chi connectivity index (χ1) is 18.4. The standard InChI is InChI=1S/C31H33N3O4/c1-21(2)27(30(37)38)33-19-18-25(29(33)36)32-28(35)26-20-34(26)31(22-12-6-3-7-13-22,23-14-8-4-9-15-23)24-16-10-5-11-17-24/h3-17,21,25-27H,18-20H2,1-2H3,(H,32,35)(H,37,38)/t25-,26+,27?,34?/m1/s1. The zero-order chi connectivity index (χ0) is 26.9. The van der Waals surface area contributed by atoms with Gasteiger partial charge in [-0.2, -0.15) is 0 Å². The van der Waals surface area contributed by atoms with Gasteiger partial charge in [-0.05, 0) is 29.0 Å². The van der Waals surface area contributed by atoms with Crippen LogP contribution in [0.15, 0.2) is 91.0 Å². The quantitative estimate of drug-likeness (QED) is 0.339. The minimum Gasteiger partial charge on any atom is -0.480 e. The van der Waals surface area contributed by atoms with Gasteiger partial charge in [0.2, 0.25) is 11.8 Å². The van der Waals surface area contributed by atoms with Crippen molar-refractivity contribution in [3.8, 4) is 0 Å². The van der Waals surface area contributed by atoms with Crippen molar-refractivity contribution in [3.05, 3.63) is 108 Å². The molecule has 2 amide bonds. The summed E-state index contributed by atoms with van der Waals surface area (Å²) in [4.78, 5) is 42.0. The van der Waals surface area contributed by atoms with E-state index in [2.05, 4.69) is 46.6 Å². The number of amides is 2. The fraction of sp³-hybridized carbons (Fsp3) is 0.323. The van der Waals surface area contributed by atoms with Gasteiger partial charge in [-0.1, -0.05) is 105 Å². The Morgan fingerprint density at radius 3 is 1.76 bits per heavy atom. The number of hydrogen-bond donors (Lipinski definition) is 2. The van der Waals surface area contributed by atoms with Crippen molar-refractivity contribution < 1.29 is 19.5 Å². The van der Waals surface area contributed by atoms with Crippen LogP contribution in [-0.4, -0.2) is 63.9 Å². The molecule has 0 bridgehead atoms. The van der Waals surface area contributed by atoms with Crippen LogP contribution in [0.2, 0.25) is 0 Å². The summed E-state index contributed by atoms with van der Waals surface area (Å²) in [7, 11) is 0. The number of hydrogen-bond acceptors (Lipinski definition) is 4. The molecule has 2 saturated heterocycles. The molecule has 7 heteroatoms. The van der Waals surface area contributed by atoms with Crippen molar-refractivity contribution >= 4 is 17.8 Å². The Labute approximate surface area is 223 Å². The summed E-state index contributed by atoms with van der Waals surface area (Å²) in [5, 5.41) is 12.6. The van der Waals surface area contributed by atoms with Crippen molar-refractivity contribution in [2.24, 2.45) is 5.92 Å². The number of nitrogens with one attached hydrogen (secondary N) is 1. The average molecular weight is 512 g/mol. The molecule has 0 saturated carbocycles. The molecule has 5 rings (SSSR count). The first-order valence-electron chi connectivity index (χ1n) is 13.1. The van der Waals surface area contributed by atoms with E-state index in [0.717, 1.165) is 16.7 Å². The molecule has 2 aliphatic rings. The maximum absolute atomic E-state index is 13.6. The molecule has 0 radical (unpaired) electrons. The van der Waals surface area contributed by atoms with Gasteiger partial charge in [0.15, 0.2) is 0 Å². The lowest BCUT2D eigenvalue weighted by Crippen LogP contribution is -2.50. The molecule has 2 aliphatic heterocycles. The SMILES string of the molecule is CC(C)C(C(=O)O)N1CC[C@@H](NC(=O)[C@@H]2CN2C(c2ccccc2)(c2ccccc2)c2ccccc2)C1=O. The summed E-state index contributed by atoms with van der Waals surface area (Å²) >= 11 is 0. The Balaban J connectivity index is 1.44. The highest BCUT2D eigenvalue weighted by atomic mass is 16.4. The summed E-state index contributed by atoms with van der Waals surface area (Å²) in [5.41, 5.74) is 2.47. The number of benzene rings is 3. The summed E-state index contributed by atoms with van der Waals surface area (Å²) in [6, 6.07) is 28.5. The zero-order valence-electron chi connectivity index (χ0n) is 21.7. The number of rotatable bonds is 9. The highest BCUT2D eigenvalue weighted by molar-refractivity contribution is 5.94. The van der Waals surface area contributed by atoms with Gasteiger partial charge in [0.1, 0.15) is 18.1 Å². The number of carbonyl (C=O) groups excluding carboxylic acids is 2. The van der Waals surface area contributed by atoms with Crippen molar-refractivity contribution in [2.75, 3.05) is 13.1 Å². The van der Waals surface area contributed by atoms with Gasteiger partial charge in [-0.3, -0.25) is 14.5 Å². The second-order valence-corrected chi connectivity index (χ2v) is 10.4. The van der Waals surface area contributed by atoms with Gasteiger partial charge in [-0.15, -0.1) is 0 Å². The minimum absolute atomic E-state index is 0.214. The fourth-order valence-corrected chi connectivity index (χ4v) is 5.93. The molecule has 3 aromatic carbocycles. The normalized spacial score (nSPS) is 21.8. The molecule has 2 unspecified atom stereocenters. The van der Waals surface area contributed by atoms with Gasteiger partial charge >= 0.3 is 5.97 Å². The molecule has 2 fully saturated rings. The average Bonchev–Trinajstić information content (AvgIpc) is 3.66. The monoisotopic (exact) mass is 511 g/mol. The van der Waals surface area contributed by atoms with Crippen molar-refractivity contribution in [1.29, 1.82) is 0 Å². The van der Waals surface area contributed by atoms with E-state index in [9.17, 15) is 19.5 Å². The number of carboxylic acids is 1. The number of aliphatic carboxylic acids is 1. The lowest BCUT2D eigenvalue weighted by atomic mass is 9.76. The van der Waals surface area contributed by atoms with Crippen LogP contribution in [0.3, 0.4) is 0 Å². The second-order valence-electron chi connectivity index (χ2n) is 10.4. The smallest absolute Gasteiger partial charge is 0.326 e. The van der Waals surface area contributed by atoms with Crippen LogP contribution >= 0.6 is 0 Å². The predicted octanol–water partition coefficient (Wildman–Crippen LogP) is 3.49. The molecule has 0 aromatic heterocycles. The third-order valence-corrected chi connectivity index (χ3v) is 7.70. The maximum Gasteiger partial charge on any atom is 0.326 e. The molecule has 0 spiro atoms. The predicted molar refractivity (Wildman–Crippen MR) is 144 cm³/mol. The van der Waals surface area contributed by atoms with Gasteiger partial charge in [0, 0.05) is 13.1 Å². The Morgan fingerprint density at radius 2 is 1.34 bits per heavy atom. The molecule has 2 N–H and O–H groups in total. The third-order valence-electron chi connectivity index (χ3n) is 7.70. The molecule has 7 nitrogen and oxygen atoms in total. The van der Waals surface area contributed by atoms with Crippen LogP contribution in [0.25, 0.3) is 0 Å². The second kappa shape index (κ2) is 10.4. The molecular formula is C31H33N3O4. The van der Waals surface area contributed by atoms with E-state index in [-0.39, 0.29) is 17.7 Å². The van der Waals surface area contributed by atoms with E-state index in [1.165, 1.54) is 4.90 Å². The van der Waals surface area contributed by atoms with E-state index in [1.807, 2.05) is 54.6 Å². The molecule has 4 atom stereocenters. The van der Waals surface area contributed by atoms with Gasteiger partial charge in [0.25, 0.3) is 0 Å². The molecule has 3 aromatic rings. The minimum atomic E-state index is -1.02. The molecular weight excluding hydrogens is 478 g/mol. The van der Waals surface area contributed by atoms with Crippen molar-refractivity contribution in [3.63, 3.8) is 0 Å². The van der Waals surface area contributed by atoms with Crippen LogP contribution in [0.1, 0.15) is 37.0 Å². The highest BCUT2D eigenvalue weighted by Crippen LogP contribution is 2.48. The molecule has 38 heavy (non-hydrogen) atoms. The van der Waals surface area contributed by atoms with E-state index >= 15 is 0 Å². The van der Waals surface area contributed by atoms with E-state index in [0.29, 0.717) is 19.5 Å². The molecule has 2 heterocycles. The molecule has 0 aliphatic carbocycles.